The Morgan fingerprint density at radius 3 is 0.881 bits per heavy atom. The molecule has 0 fully saturated rings. The lowest BCUT2D eigenvalue weighted by atomic mass is 10.4. The van der Waals surface area contributed by atoms with Gasteiger partial charge >= 0.3 is 0 Å². The lowest BCUT2D eigenvalue weighted by Gasteiger charge is -2.40. The summed E-state index contributed by atoms with van der Waals surface area (Å²) in [6.07, 6.45) is 0. The van der Waals surface area contributed by atoms with Crippen LogP contribution in [0.4, 0.5) is 0 Å². The van der Waals surface area contributed by atoms with E-state index in [1.807, 2.05) is 0 Å². The fourth-order valence-electron chi connectivity index (χ4n) is 6.04. The zero-order chi connectivity index (χ0) is 28.8. The molecule has 4 heteroatoms. The minimum Gasteiger partial charge on any atom is -0.425 e. The molecule has 204 valence electrons. The molecular formula is C38H30P2S2. The van der Waals surface area contributed by atoms with E-state index in [0.717, 1.165) is 0 Å². The topological polar surface area (TPSA) is 0 Å². The first-order chi connectivity index (χ1) is 20.7. The first-order valence-electron chi connectivity index (χ1n) is 13.9. The summed E-state index contributed by atoms with van der Waals surface area (Å²) < 4.78 is 0.546. The van der Waals surface area contributed by atoms with Crippen LogP contribution in [0.3, 0.4) is 0 Å². The summed E-state index contributed by atoms with van der Waals surface area (Å²) in [5.74, 6) is 0. The molecule has 0 aromatic heterocycles. The van der Waals surface area contributed by atoms with Crippen LogP contribution >= 0.6 is 26.4 Å². The second-order valence-electron chi connectivity index (χ2n) is 9.97. The highest BCUT2D eigenvalue weighted by molar-refractivity contribution is 8.28. The third-order valence-electron chi connectivity index (χ3n) is 7.68. The van der Waals surface area contributed by atoms with Gasteiger partial charge in [0, 0.05) is 6.89 Å². The third kappa shape index (κ3) is 4.90. The Balaban J connectivity index is 2.01. The van der Waals surface area contributed by atoms with E-state index in [4.69, 9.17) is 24.8 Å². The predicted molar refractivity (Wildman–Crippen MR) is 195 cm³/mol. The third-order valence-corrected chi connectivity index (χ3v) is 18.6. The lowest BCUT2D eigenvalue weighted by Crippen LogP contribution is -2.43. The molecule has 0 atom stereocenters. The van der Waals surface area contributed by atoms with Gasteiger partial charge in [-0.3, -0.25) is 0 Å². The Bertz CT molecular complexity index is 1620. The number of benzene rings is 6. The molecule has 0 unspecified atom stereocenters. The molecule has 42 heavy (non-hydrogen) atoms. The molecule has 0 aliphatic rings. The number of rotatable bonds is 8. The summed E-state index contributed by atoms with van der Waals surface area (Å²) in [7, 11) is -2.62. The number of hydrogen-bond donors (Lipinski definition) is 0. The van der Waals surface area contributed by atoms with Crippen molar-refractivity contribution in [3.63, 3.8) is 0 Å². The van der Waals surface area contributed by atoms with E-state index in [9.17, 15) is 0 Å². The Morgan fingerprint density at radius 2 is 0.643 bits per heavy atom. The predicted octanol–water partition coefficient (Wildman–Crippen LogP) is 6.98. The fourth-order valence-corrected chi connectivity index (χ4v) is 19.1. The van der Waals surface area contributed by atoms with Crippen LogP contribution in [0.15, 0.2) is 182 Å². The second kappa shape index (κ2) is 12.7. The molecular weight excluding hydrogens is 583 g/mol. The van der Waals surface area contributed by atoms with Gasteiger partial charge < -0.3 is 24.8 Å². The van der Waals surface area contributed by atoms with E-state index in [2.05, 4.69) is 182 Å². The van der Waals surface area contributed by atoms with Crippen molar-refractivity contribution < 1.29 is 0 Å². The first-order valence-corrected chi connectivity index (χ1v) is 18.3. The molecule has 0 spiro atoms. The molecule has 0 heterocycles. The van der Waals surface area contributed by atoms with Crippen molar-refractivity contribution in [2.24, 2.45) is 0 Å². The zero-order valence-corrected chi connectivity index (χ0v) is 26.5. The molecule has 0 amide bonds. The maximum atomic E-state index is 6.35. The van der Waals surface area contributed by atoms with E-state index in [1.54, 1.807) is 0 Å². The molecule has 0 aliphatic carbocycles. The smallest absolute Gasteiger partial charge is 0.144 e. The highest BCUT2D eigenvalue weighted by atomic mass is 32.1. The summed E-state index contributed by atoms with van der Waals surface area (Å²) in [6, 6.07) is 65.6. The van der Waals surface area contributed by atoms with Crippen LogP contribution in [0, 0.1) is 0 Å². The molecule has 0 saturated carbocycles. The van der Waals surface area contributed by atoms with Gasteiger partial charge in [-0.15, -0.1) is 0 Å². The molecule has 0 aliphatic heterocycles. The monoisotopic (exact) mass is 612 g/mol. The van der Waals surface area contributed by atoms with Gasteiger partial charge in [0.1, 0.15) is 28.2 Å². The van der Waals surface area contributed by atoms with Gasteiger partial charge in [0.15, 0.2) is 0 Å². The standard InChI is InChI=1S/C38H30P2S2/c41-38(42)37(39(31-19-7-1-8-20-31,32-21-9-2-10-22-32)33-23-11-3-12-24-33)40(34-25-13-4-14-26-34,35-27-15-5-16-28-35)36-29-17-6-18-30-36/h1-30H. The Labute approximate surface area is 260 Å². The van der Waals surface area contributed by atoms with Gasteiger partial charge in [-0.1, -0.05) is 150 Å². The van der Waals surface area contributed by atoms with Crippen LogP contribution in [0.1, 0.15) is 0 Å². The van der Waals surface area contributed by atoms with Crippen molar-refractivity contribution in [3.8, 4) is 0 Å². The van der Waals surface area contributed by atoms with Crippen LogP contribution < -0.4 is 31.8 Å². The minimum atomic E-state index is -2.62. The maximum absolute atomic E-state index is 6.35. The van der Waals surface area contributed by atoms with Crippen molar-refractivity contribution in [1.29, 1.82) is 0 Å². The van der Waals surface area contributed by atoms with Crippen molar-refractivity contribution in [2.75, 3.05) is 0 Å². The highest BCUT2D eigenvalue weighted by Gasteiger charge is 2.53. The van der Waals surface area contributed by atoms with Crippen LogP contribution in [0.25, 0.3) is 0 Å². The van der Waals surface area contributed by atoms with Gasteiger partial charge in [0.25, 0.3) is 0 Å². The summed E-state index contributed by atoms with van der Waals surface area (Å²) in [5.41, 5.74) is 0. The molecule has 6 aromatic carbocycles. The van der Waals surface area contributed by atoms with Crippen molar-refractivity contribution in [1.82, 2.24) is 0 Å². The van der Waals surface area contributed by atoms with E-state index < -0.39 is 14.1 Å². The first kappa shape index (κ1) is 28.5. The molecule has 6 aromatic rings. The Morgan fingerprint density at radius 1 is 0.405 bits per heavy atom. The number of hydrogen-bond acceptors (Lipinski definition) is 2. The minimum absolute atomic E-state index is 0.546. The van der Waals surface area contributed by atoms with Crippen molar-refractivity contribution in [2.45, 2.75) is 0 Å². The van der Waals surface area contributed by atoms with Gasteiger partial charge in [-0.05, 0) is 52.3 Å². The van der Waals surface area contributed by atoms with Crippen LogP contribution in [0.2, 0.25) is 0 Å². The quantitative estimate of drug-likeness (QED) is 0.103. The van der Waals surface area contributed by atoms with E-state index in [1.165, 1.54) is 36.9 Å². The van der Waals surface area contributed by atoms with Crippen molar-refractivity contribution in [3.05, 3.63) is 182 Å². The average molecular weight is 613 g/mol. The fraction of sp³-hybridized carbons (Fsp3) is 0. The van der Waals surface area contributed by atoms with Crippen LogP contribution in [0.5, 0.6) is 0 Å². The number of thiocarbonyl (C=S) groups is 1. The normalized spacial score (nSPS) is 11.5. The molecule has 0 bridgehead atoms. The molecule has 6 rings (SSSR count). The zero-order valence-electron chi connectivity index (χ0n) is 23.0. The van der Waals surface area contributed by atoms with Gasteiger partial charge in [-0.25, -0.2) is 0 Å². The van der Waals surface area contributed by atoms with Crippen molar-refractivity contribution >= 4 is 80.1 Å². The average Bonchev–Trinajstić information content (AvgIpc) is 3.07. The van der Waals surface area contributed by atoms with E-state index in [-0.39, 0.29) is 0 Å². The van der Waals surface area contributed by atoms with Gasteiger partial charge in [0.2, 0.25) is 0 Å². The molecule has 0 saturated heterocycles. The van der Waals surface area contributed by atoms with Crippen LogP contribution in [-0.2, 0) is 12.6 Å². The van der Waals surface area contributed by atoms with E-state index in [0.29, 0.717) is 4.20 Å². The highest BCUT2D eigenvalue weighted by Crippen LogP contribution is 2.65. The lowest BCUT2D eigenvalue weighted by molar-refractivity contribution is 1.73. The molecule has 0 nitrogen and oxygen atoms in total. The largest absolute Gasteiger partial charge is 0.425 e. The Kier molecular flexibility index (Phi) is 8.61. The molecule has 0 radical (unpaired) electrons. The van der Waals surface area contributed by atoms with Gasteiger partial charge in [0.05, 0.1) is 0 Å². The van der Waals surface area contributed by atoms with E-state index >= 15 is 0 Å². The SMILES string of the molecule is S=C([S-])C(=P(c1ccccc1)(c1ccccc1)c1ccccc1)[P+](c1ccccc1)(c1ccccc1)c1ccccc1. The maximum Gasteiger partial charge on any atom is 0.144 e. The summed E-state index contributed by atoms with van der Waals surface area (Å²) in [6.45, 7) is -2.62. The summed E-state index contributed by atoms with van der Waals surface area (Å²) in [5, 5.41) is 8.67. The van der Waals surface area contributed by atoms with Crippen LogP contribution in [-0.4, -0.2) is 9.23 Å². The summed E-state index contributed by atoms with van der Waals surface area (Å²) >= 11 is 12.7. The Hall–Kier alpha value is -3.64. The second-order valence-corrected chi connectivity index (χ2v) is 18.1. The molecule has 0 N–H and O–H groups in total. The summed E-state index contributed by atoms with van der Waals surface area (Å²) in [4.78, 5) is 0. The van der Waals surface area contributed by atoms with Gasteiger partial charge in [-0.2, -0.15) is 0 Å².